The molecule has 0 aromatic rings. The third-order valence-corrected chi connectivity index (χ3v) is 2.16. The molecule has 23 heavy (non-hydrogen) atoms. The van der Waals surface area contributed by atoms with Gasteiger partial charge in [0.15, 0.2) is 0 Å². The highest BCUT2D eigenvalue weighted by Crippen LogP contribution is 1.94. The van der Waals surface area contributed by atoms with E-state index in [0.29, 0.717) is 17.6 Å². The molecule has 0 amide bonds. The van der Waals surface area contributed by atoms with Gasteiger partial charge in [0, 0.05) is 23.3 Å². The van der Waals surface area contributed by atoms with E-state index < -0.39 is 17.9 Å². The molecule has 0 saturated heterocycles. The van der Waals surface area contributed by atoms with Gasteiger partial charge in [-0.25, -0.2) is 14.4 Å². The standard InChI is InChI=1S/C10H14O4.C6H10O3/c1-7(2)9(11)13-5-6-14-10(12)8(3)4;1-5(6(8)9)3-2-4-7/h1,3,5-6H2,2,4H3;3,7H,2,4H2,1H3,(H,8,9). The Bertz CT molecular complexity index is 447. The Hall–Kier alpha value is -2.41. The van der Waals surface area contributed by atoms with Gasteiger partial charge in [-0.2, -0.15) is 0 Å². The van der Waals surface area contributed by atoms with E-state index in [1.807, 2.05) is 0 Å². The van der Waals surface area contributed by atoms with Crippen LogP contribution in [0.1, 0.15) is 27.2 Å². The summed E-state index contributed by atoms with van der Waals surface area (Å²) in [4.78, 5) is 31.7. The number of hydrogen-bond acceptors (Lipinski definition) is 6. The number of esters is 2. The SMILES string of the molecule is C=C(C)C(=O)OCCOC(=O)C(=C)C.CC(=CCCO)C(=O)O. The first-order chi connectivity index (χ1) is 10.6. The number of carbonyl (C=O) groups excluding carboxylic acids is 2. The zero-order valence-electron chi connectivity index (χ0n) is 13.8. The van der Waals surface area contributed by atoms with Crippen molar-refractivity contribution in [3.8, 4) is 0 Å². The normalized spacial score (nSPS) is 10.0. The van der Waals surface area contributed by atoms with Crippen LogP contribution in [-0.4, -0.2) is 47.9 Å². The fourth-order valence-corrected chi connectivity index (χ4v) is 0.883. The largest absolute Gasteiger partial charge is 0.478 e. The molecule has 0 saturated carbocycles. The number of aliphatic hydroxyl groups excluding tert-OH is 1. The van der Waals surface area contributed by atoms with E-state index in [1.165, 1.54) is 13.0 Å². The number of rotatable bonds is 8. The summed E-state index contributed by atoms with van der Waals surface area (Å²) in [6, 6.07) is 0. The Morgan fingerprint density at radius 3 is 1.61 bits per heavy atom. The Morgan fingerprint density at radius 1 is 0.957 bits per heavy atom. The molecule has 0 radical (unpaired) electrons. The van der Waals surface area contributed by atoms with Gasteiger partial charge in [0.1, 0.15) is 13.2 Å². The van der Waals surface area contributed by atoms with Crippen LogP contribution in [0, 0.1) is 0 Å². The molecule has 130 valence electrons. The molecule has 0 atom stereocenters. The highest BCUT2D eigenvalue weighted by molar-refractivity contribution is 5.87. The molecule has 0 bridgehead atoms. The lowest BCUT2D eigenvalue weighted by molar-refractivity contribution is -0.147. The van der Waals surface area contributed by atoms with Gasteiger partial charge in [0.05, 0.1) is 0 Å². The van der Waals surface area contributed by atoms with Crippen LogP contribution in [0.4, 0.5) is 0 Å². The zero-order chi connectivity index (χ0) is 18.4. The first-order valence-electron chi connectivity index (χ1n) is 6.79. The van der Waals surface area contributed by atoms with Crippen LogP contribution in [0.25, 0.3) is 0 Å². The minimum atomic E-state index is -0.927. The molecule has 0 aliphatic carbocycles. The molecule has 0 aromatic heterocycles. The summed E-state index contributed by atoms with van der Waals surface area (Å²) in [5.74, 6) is -1.91. The van der Waals surface area contributed by atoms with Crippen LogP contribution in [0.3, 0.4) is 0 Å². The van der Waals surface area contributed by atoms with Crippen LogP contribution in [0.5, 0.6) is 0 Å². The Kier molecular flexibility index (Phi) is 13.2. The van der Waals surface area contributed by atoms with Gasteiger partial charge < -0.3 is 19.7 Å². The van der Waals surface area contributed by atoms with Gasteiger partial charge in [-0.1, -0.05) is 19.2 Å². The average Bonchev–Trinajstić information content (AvgIpc) is 2.48. The molecular formula is C16H24O7. The number of carboxylic acids is 1. The minimum Gasteiger partial charge on any atom is -0.478 e. The maximum absolute atomic E-state index is 10.8. The van der Waals surface area contributed by atoms with Crippen LogP contribution in [0.2, 0.25) is 0 Å². The van der Waals surface area contributed by atoms with E-state index in [1.54, 1.807) is 13.8 Å². The summed E-state index contributed by atoms with van der Waals surface area (Å²) in [6.07, 6.45) is 1.90. The van der Waals surface area contributed by atoms with Crippen molar-refractivity contribution >= 4 is 17.9 Å². The van der Waals surface area contributed by atoms with Gasteiger partial charge in [-0.15, -0.1) is 0 Å². The number of aliphatic carboxylic acids is 1. The number of ether oxygens (including phenoxy) is 2. The molecule has 0 unspecified atom stereocenters. The van der Waals surface area contributed by atoms with Crippen molar-refractivity contribution in [3.63, 3.8) is 0 Å². The maximum atomic E-state index is 10.8. The van der Waals surface area contributed by atoms with Crippen molar-refractivity contribution in [1.29, 1.82) is 0 Å². The van der Waals surface area contributed by atoms with Crippen molar-refractivity contribution < 1.29 is 34.1 Å². The Balaban J connectivity index is 0. The molecule has 7 nitrogen and oxygen atoms in total. The first-order valence-corrected chi connectivity index (χ1v) is 6.79. The van der Waals surface area contributed by atoms with Crippen LogP contribution < -0.4 is 0 Å². The van der Waals surface area contributed by atoms with Crippen LogP contribution in [-0.2, 0) is 23.9 Å². The van der Waals surface area contributed by atoms with Gasteiger partial charge in [0.2, 0.25) is 0 Å². The van der Waals surface area contributed by atoms with Crippen LogP contribution in [0.15, 0.2) is 36.0 Å². The lowest BCUT2D eigenvalue weighted by Gasteiger charge is -2.05. The fraction of sp³-hybridized carbons (Fsp3) is 0.438. The number of hydrogen-bond donors (Lipinski definition) is 2. The second-order valence-electron chi connectivity index (χ2n) is 4.54. The number of carbonyl (C=O) groups is 3. The quantitative estimate of drug-likeness (QED) is 0.396. The molecule has 0 spiro atoms. The predicted molar refractivity (Wildman–Crippen MR) is 84.6 cm³/mol. The van der Waals surface area contributed by atoms with Crippen molar-refractivity contribution in [2.45, 2.75) is 27.2 Å². The molecule has 0 fully saturated rings. The number of aliphatic hydroxyl groups is 1. The zero-order valence-corrected chi connectivity index (χ0v) is 13.8. The van der Waals surface area contributed by atoms with Gasteiger partial charge >= 0.3 is 17.9 Å². The number of carboxylic acid groups (broad SMARTS) is 1. The predicted octanol–water partition coefficient (Wildman–Crippen LogP) is 1.62. The smallest absolute Gasteiger partial charge is 0.333 e. The summed E-state index contributed by atoms with van der Waals surface area (Å²) in [6.45, 7) is 11.5. The summed E-state index contributed by atoms with van der Waals surface area (Å²) >= 11 is 0. The average molecular weight is 328 g/mol. The lowest BCUT2D eigenvalue weighted by Crippen LogP contribution is -2.14. The molecule has 0 aliphatic heterocycles. The van der Waals surface area contributed by atoms with E-state index in [-0.39, 0.29) is 25.4 Å². The summed E-state index contributed by atoms with van der Waals surface area (Å²) in [5.41, 5.74) is 0.913. The molecule has 0 rings (SSSR count). The van der Waals surface area contributed by atoms with E-state index in [2.05, 4.69) is 22.6 Å². The molecule has 2 N–H and O–H groups in total. The monoisotopic (exact) mass is 328 g/mol. The van der Waals surface area contributed by atoms with Crippen molar-refractivity contribution in [2.75, 3.05) is 19.8 Å². The highest BCUT2D eigenvalue weighted by Gasteiger charge is 2.05. The van der Waals surface area contributed by atoms with E-state index in [0.717, 1.165) is 0 Å². The van der Waals surface area contributed by atoms with Gasteiger partial charge in [-0.3, -0.25) is 0 Å². The second-order valence-corrected chi connectivity index (χ2v) is 4.54. The van der Waals surface area contributed by atoms with Crippen molar-refractivity contribution in [2.24, 2.45) is 0 Å². The Labute approximate surface area is 135 Å². The topological polar surface area (TPSA) is 110 Å². The maximum Gasteiger partial charge on any atom is 0.333 e. The summed E-state index contributed by atoms with van der Waals surface area (Å²) in [7, 11) is 0. The molecule has 7 heteroatoms. The van der Waals surface area contributed by atoms with E-state index >= 15 is 0 Å². The van der Waals surface area contributed by atoms with Crippen LogP contribution >= 0.6 is 0 Å². The third kappa shape index (κ3) is 14.3. The molecule has 0 aromatic carbocycles. The molecule has 0 aliphatic rings. The van der Waals surface area contributed by atoms with E-state index in [9.17, 15) is 14.4 Å². The van der Waals surface area contributed by atoms with E-state index in [4.69, 9.17) is 10.2 Å². The molecular weight excluding hydrogens is 304 g/mol. The lowest BCUT2D eigenvalue weighted by atomic mass is 10.2. The second kappa shape index (κ2) is 13.3. The minimum absolute atomic E-state index is 0.00458. The van der Waals surface area contributed by atoms with Gasteiger partial charge in [0.25, 0.3) is 0 Å². The first kappa shape index (κ1) is 22.9. The third-order valence-electron chi connectivity index (χ3n) is 2.16. The fourth-order valence-electron chi connectivity index (χ4n) is 0.883. The summed E-state index contributed by atoms with van der Waals surface area (Å²) < 4.78 is 9.38. The highest BCUT2D eigenvalue weighted by atomic mass is 16.6. The Morgan fingerprint density at radius 2 is 1.35 bits per heavy atom. The van der Waals surface area contributed by atoms with Crippen molar-refractivity contribution in [3.05, 3.63) is 36.0 Å². The van der Waals surface area contributed by atoms with Crippen molar-refractivity contribution in [1.82, 2.24) is 0 Å². The summed E-state index contributed by atoms with van der Waals surface area (Å²) in [5, 5.41) is 16.5. The molecule has 0 heterocycles. The van der Waals surface area contributed by atoms with Gasteiger partial charge in [-0.05, 0) is 27.2 Å².